The van der Waals surface area contributed by atoms with Crippen LogP contribution in [0.4, 0.5) is 0 Å². The number of rotatable bonds is 10. The van der Waals surface area contributed by atoms with E-state index >= 15 is 0 Å². The maximum Gasteiger partial charge on any atom is 1.00 e. The molecule has 0 radical (unpaired) electrons. The summed E-state index contributed by atoms with van der Waals surface area (Å²) >= 11 is 6.27. The number of carbonyl (C=O) groups excluding carboxylic acids is 1. The molecule has 2 rings (SSSR count). The molecule has 4 nitrogen and oxygen atoms in total. The zero-order valence-electron chi connectivity index (χ0n) is 18.0. The van der Waals surface area contributed by atoms with Gasteiger partial charge in [0.15, 0.2) is 5.52 Å². The summed E-state index contributed by atoms with van der Waals surface area (Å²) in [6.07, 6.45) is 1.92. The number of ether oxygens (including phenoxy) is 3. The fraction of sp³-hybridized carbons (Fsp3) is 0.409. The van der Waals surface area contributed by atoms with Crippen molar-refractivity contribution < 1.29 is 37.9 Å². The standard InChI is InChI=1S/C22H28ClO4P.Li/c1-6-14(3)26-16-11-12-20(19(13-16)27-15(4)7-2)28-22(24)21-17(23)9-8-10-18(21)25-5;/h8-15,28H,6-7H2,1-5H3;/q;+1. The molecule has 0 aliphatic carbocycles. The van der Waals surface area contributed by atoms with Crippen molar-refractivity contribution in [3.05, 3.63) is 47.0 Å². The number of methoxy groups -OCH3 is 1. The molecule has 0 fully saturated rings. The molecular formula is C22H28ClLiO4P+. The molecule has 3 atom stereocenters. The van der Waals surface area contributed by atoms with Gasteiger partial charge in [-0.15, -0.1) is 0 Å². The molecule has 0 aromatic heterocycles. The van der Waals surface area contributed by atoms with Crippen molar-refractivity contribution in [2.75, 3.05) is 7.11 Å². The van der Waals surface area contributed by atoms with Crippen LogP contribution in [-0.4, -0.2) is 24.8 Å². The van der Waals surface area contributed by atoms with Crippen molar-refractivity contribution in [3.8, 4) is 17.2 Å². The Labute approximate surface area is 192 Å². The van der Waals surface area contributed by atoms with Crippen LogP contribution in [0.15, 0.2) is 36.4 Å². The van der Waals surface area contributed by atoms with E-state index in [1.54, 1.807) is 18.2 Å². The first-order valence-electron chi connectivity index (χ1n) is 9.50. The molecule has 0 aliphatic rings. The first-order chi connectivity index (χ1) is 13.4. The monoisotopic (exact) mass is 429 g/mol. The SMILES string of the molecule is CCC(C)Oc1ccc(PC(=O)c2c(Cl)cccc2OC)c(OC(C)CC)c1.[Li+]. The molecule has 2 aromatic carbocycles. The van der Waals surface area contributed by atoms with E-state index in [1.807, 2.05) is 32.0 Å². The van der Waals surface area contributed by atoms with Crippen molar-refractivity contribution in [1.82, 2.24) is 0 Å². The second-order valence-corrected chi connectivity index (χ2v) is 8.25. The molecule has 0 aliphatic heterocycles. The Morgan fingerprint density at radius 3 is 2.31 bits per heavy atom. The molecule has 2 aromatic rings. The molecule has 0 heterocycles. The van der Waals surface area contributed by atoms with Crippen LogP contribution in [0.2, 0.25) is 5.02 Å². The van der Waals surface area contributed by atoms with Gasteiger partial charge in [0, 0.05) is 11.4 Å². The van der Waals surface area contributed by atoms with Crippen LogP contribution < -0.4 is 38.4 Å². The fourth-order valence-electron chi connectivity index (χ4n) is 2.47. The molecule has 0 saturated heterocycles. The van der Waals surface area contributed by atoms with Gasteiger partial charge in [0.25, 0.3) is 0 Å². The fourth-order valence-corrected chi connectivity index (χ4v) is 3.85. The quantitative estimate of drug-likeness (QED) is 0.430. The van der Waals surface area contributed by atoms with Gasteiger partial charge in [-0.2, -0.15) is 0 Å². The van der Waals surface area contributed by atoms with E-state index in [0.717, 1.165) is 23.9 Å². The van der Waals surface area contributed by atoms with Crippen molar-refractivity contribution in [2.45, 2.75) is 52.7 Å². The first-order valence-corrected chi connectivity index (χ1v) is 10.9. The topological polar surface area (TPSA) is 44.8 Å². The second kappa shape index (κ2) is 12.5. The summed E-state index contributed by atoms with van der Waals surface area (Å²) in [6.45, 7) is 8.17. The summed E-state index contributed by atoms with van der Waals surface area (Å²) in [5.74, 6) is 1.89. The number of hydrogen-bond donors (Lipinski definition) is 0. The molecule has 3 unspecified atom stereocenters. The number of benzene rings is 2. The van der Waals surface area contributed by atoms with Crippen LogP contribution in [0.5, 0.6) is 17.2 Å². The van der Waals surface area contributed by atoms with Crippen LogP contribution in [0, 0.1) is 0 Å². The van der Waals surface area contributed by atoms with Gasteiger partial charge < -0.3 is 14.2 Å². The third-order valence-electron chi connectivity index (χ3n) is 4.44. The van der Waals surface area contributed by atoms with Crippen molar-refractivity contribution in [1.29, 1.82) is 0 Å². The van der Waals surface area contributed by atoms with Crippen LogP contribution in [0.3, 0.4) is 0 Å². The smallest absolute Gasteiger partial charge is 0.496 e. The summed E-state index contributed by atoms with van der Waals surface area (Å²) in [7, 11) is 1.39. The molecule has 7 heteroatoms. The Morgan fingerprint density at radius 2 is 1.69 bits per heavy atom. The minimum Gasteiger partial charge on any atom is -0.496 e. The van der Waals surface area contributed by atoms with Gasteiger partial charge in [0.2, 0.25) is 0 Å². The molecule has 0 N–H and O–H groups in total. The molecule has 0 spiro atoms. The molecule has 0 amide bonds. The zero-order valence-corrected chi connectivity index (χ0v) is 19.8. The predicted octanol–water partition coefficient (Wildman–Crippen LogP) is 2.85. The maximum absolute atomic E-state index is 13.0. The minimum absolute atomic E-state index is 0. The molecular weight excluding hydrogens is 402 g/mol. The van der Waals surface area contributed by atoms with Gasteiger partial charge in [-0.05, 0) is 59.5 Å². The Morgan fingerprint density at radius 1 is 1.03 bits per heavy atom. The average molecular weight is 430 g/mol. The minimum atomic E-state index is -0.140. The number of hydrogen-bond acceptors (Lipinski definition) is 4. The van der Waals surface area contributed by atoms with E-state index in [4.69, 9.17) is 25.8 Å². The maximum atomic E-state index is 13.0. The molecule has 152 valence electrons. The Kier molecular flexibility index (Phi) is 11.2. The van der Waals surface area contributed by atoms with Gasteiger partial charge in [-0.25, -0.2) is 0 Å². The van der Waals surface area contributed by atoms with Crippen LogP contribution in [-0.2, 0) is 0 Å². The van der Waals surface area contributed by atoms with Crippen molar-refractivity contribution >= 4 is 31.0 Å². The van der Waals surface area contributed by atoms with Crippen LogP contribution in [0.25, 0.3) is 0 Å². The van der Waals surface area contributed by atoms with Crippen molar-refractivity contribution in [3.63, 3.8) is 0 Å². The molecule has 29 heavy (non-hydrogen) atoms. The number of carbonyl (C=O) groups is 1. The third-order valence-corrected chi connectivity index (χ3v) is 5.91. The van der Waals surface area contributed by atoms with Gasteiger partial charge in [0.1, 0.15) is 17.2 Å². The molecule has 0 saturated carbocycles. The van der Waals surface area contributed by atoms with Gasteiger partial charge in [-0.3, -0.25) is 4.79 Å². The van der Waals surface area contributed by atoms with E-state index in [9.17, 15) is 4.79 Å². The Bertz CT molecular complexity index is 815. The van der Waals surface area contributed by atoms with E-state index in [1.165, 1.54) is 7.11 Å². The Balaban J connectivity index is 0.00000420. The summed E-state index contributed by atoms with van der Waals surface area (Å²) in [6, 6.07) is 10.9. The summed E-state index contributed by atoms with van der Waals surface area (Å²) in [5, 5.41) is 1.21. The second-order valence-electron chi connectivity index (χ2n) is 6.60. The zero-order chi connectivity index (χ0) is 20.7. The third kappa shape index (κ3) is 7.23. The number of halogens is 1. The summed E-state index contributed by atoms with van der Waals surface area (Å²) in [4.78, 5) is 13.0. The first kappa shape index (κ1) is 25.9. The predicted molar refractivity (Wildman–Crippen MR) is 117 cm³/mol. The van der Waals surface area contributed by atoms with E-state index < -0.39 is 0 Å². The van der Waals surface area contributed by atoms with E-state index in [0.29, 0.717) is 22.1 Å². The summed E-state index contributed by atoms with van der Waals surface area (Å²) in [5.41, 5.74) is 0.312. The molecule has 0 bridgehead atoms. The van der Waals surface area contributed by atoms with E-state index in [-0.39, 0.29) is 45.2 Å². The van der Waals surface area contributed by atoms with Crippen LogP contribution in [0.1, 0.15) is 50.9 Å². The van der Waals surface area contributed by atoms with Gasteiger partial charge in [-0.1, -0.05) is 31.5 Å². The average Bonchev–Trinajstić information content (AvgIpc) is 2.69. The normalized spacial score (nSPS) is 12.9. The van der Waals surface area contributed by atoms with Gasteiger partial charge in [0.05, 0.1) is 29.9 Å². The van der Waals surface area contributed by atoms with Crippen LogP contribution >= 0.6 is 20.2 Å². The largest absolute Gasteiger partial charge is 1.00 e. The van der Waals surface area contributed by atoms with Gasteiger partial charge >= 0.3 is 18.9 Å². The summed E-state index contributed by atoms with van der Waals surface area (Å²) < 4.78 is 17.3. The van der Waals surface area contributed by atoms with Crippen molar-refractivity contribution in [2.24, 2.45) is 0 Å². The Hall–Kier alpha value is -1.17. The van der Waals surface area contributed by atoms with E-state index in [2.05, 4.69) is 13.8 Å².